The monoisotopic (exact) mass is 294 g/mol. The number of aromatic nitrogens is 2. The molecular formula is C15H26N4O2. The molecule has 0 aliphatic heterocycles. The average Bonchev–Trinajstić information content (AvgIpc) is 2.40. The van der Waals surface area contributed by atoms with Crippen LogP contribution < -0.4 is 10.6 Å². The van der Waals surface area contributed by atoms with E-state index in [0.717, 1.165) is 23.8 Å². The summed E-state index contributed by atoms with van der Waals surface area (Å²) in [5.41, 5.74) is 0.712. The lowest BCUT2D eigenvalue weighted by Crippen LogP contribution is -2.29. The van der Waals surface area contributed by atoms with Gasteiger partial charge in [0, 0.05) is 17.5 Å². The summed E-state index contributed by atoms with van der Waals surface area (Å²) in [5, 5.41) is 6.34. The Hall–Kier alpha value is -1.85. The third-order valence-electron chi connectivity index (χ3n) is 3.07. The van der Waals surface area contributed by atoms with Crippen molar-refractivity contribution in [2.75, 3.05) is 24.3 Å². The first kappa shape index (κ1) is 17.2. The SMILES string of the molecule is CCNc1nc(C(C)(C)C)nc(NC(C)C(=O)OC)c1C. The van der Waals surface area contributed by atoms with E-state index in [2.05, 4.69) is 41.4 Å². The second-order valence-electron chi connectivity index (χ2n) is 6.04. The first-order chi connectivity index (χ1) is 9.70. The molecule has 1 heterocycles. The van der Waals surface area contributed by atoms with Gasteiger partial charge in [-0.25, -0.2) is 14.8 Å². The highest BCUT2D eigenvalue weighted by Crippen LogP contribution is 2.26. The zero-order chi connectivity index (χ0) is 16.2. The Morgan fingerprint density at radius 1 is 1.29 bits per heavy atom. The maximum atomic E-state index is 11.6. The fourth-order valence-corrected chi connectivity index (χ4v) is 1.77. The van der Waals surface area contributed by atoms with Crippen molar-refractivity contribution in [1.29, 1.82) is 0 Å². The van der Waals surface area contributed by atoms with Crippen LogP contribution in [0.5, 0.6) is 0 Å². The van der Waals surface area contributed by atoms with Crippen molar-refractivity contribution in [2.24, 2.45) is 0 Å². The second kappa shape index (κ2) is 6.74. The van der Waals surface area contributed by atoms with Crippen LogP contribution in [0.15, 0.2) is 0 Å². The van der Waals surface area contributed by atoms with Gasteiger partial charge >= 0.3 is 5.97 Å². The number of nitrogens with one attached hydrogen (secondary N) is 2. The number of rotatable bonds is 5. The number of methoxy groups -OCH3 is 1. The number of hydrogen-bond acceptors (Lipinski definition) is 6. The number of anilines is 2. The summed E-state index contributed by atoms with van der Waals surface area (Å²) in [6, 6.07) is -0.467. The van der Waals surface area contributed by atoms with Gasteiger partial charge < -0.3 is 15.4 Å². The topological polar surface area (TPSA) is 76.1 Å². The highest BCUT2D eigenvalue weighted by atomic mass is 16.5. The minimum atomic E-state index is -0.467. The summed E-state index contributed by atoms with van der Waals surface area (Å²) in [4.78, 5) is 20.7. The lowest BCUT2D eigenvalue weighted by molar-refractivity contribution is -0.141. The Balaban J connectivity index is 3.23. The molecule has 118 valence electrons. The van der Waals surface area contributed by atoms with Gasteiger partial charge in [-0.2, -0.15) is 0 Å². The van der Waals surface area contributed by atoms with Crippen LogP contribution >= 0.6 is 0 Å². The van der Waals surface area contributed by atoms with Crippen LogP contribution in [0.2, 0.25) is 0 Å². The van der Waals surface area contributed by atoms with Gasteiger partial charge in [0.25, 0.3) is 0 Å². The average molecular weight is 294 g/mol. The van der Waals surface area contributed by atoms with Gasteiger partial charge in [0.1, 0.15) is 23.5 Å². The molecule has 0 amide bonds. The van der Waals surface area contributed by atoms with E-state index in [9.17, 15) is 4.79 Å². The number of carbonyl (C=O) groups is 1. The Morgan fingerprint density at radius 3 is 2.33 bits per heavy atom. The number of esters is 1. The molecule has 0 bridgehead atoms. The fourth-order valence-electron chi connectivity index (χ4n) is 1.77. The van der Waals surface area contributed by atoms with Crippen LogP contribution in [0, 0.1) is 6.92 Å². The number of hydrogen-bond donors (Lipinski definition) is 2. The third-order valence-corrected chi connectivity index (χ3v) is 3.07. The largest absolute Gasteiger partial charge is 0.467 e. The summed E-state index contributed by atoms with van der Waals surface area (Å²) < 4.78 is 4.74. The van der Waals surface area contributed by atoms with E-state index >= 15 is 0 Å². The van der Waals surface area contributed by atoms with E-state index in [1.807, 2.05) is 13.8 Å². The molecule has 0 spiro atoms. The highest BCUT2D eigenvalue weighted by molar-refractivity contribution is 5.79. The van der Waals surface area contributed by atoms with Crippen LogP contribution in [0.3, 0.4) is 0 Å². The van der Waals surface area contributed by atoms with Crippen molar-refractivity contribution >= 4 is 17.6 Å². The highest BCUT2D eigenvalue weighted by Gasteiger charge is 2.23. The summed E-state index contributed by atoms with van der Waals surface area (Å²) in [5.74, 6) is 1.85. The molecule has 0 aliphatic carbocycles. The second-order valence-corrected chi connectivity index (χ2v) is 6.04. The minimum absolute atomic E-state index is 0.178. The van der Waals surface area contributed by atoms with Crippen LogP contribution in [-0.4, -0.2) is 35.6 Å². The summed E-state index contributed by atoms with van der Waals surface area (Å²) in [6.45, 7) is 12.6. The molecule has 0 saturated heterocycles. The molecule has 1 aromatic heterocycles. The van der Waals surface area contributed by atoms with E-state index in [1.165, 1.54) is 7.11 Å². The predicted octanol–water partition coefficient (Wildman–Crippen LogP) is 2.49. The summed E-state index contributed by atoms with van der Waals surface area (Å²) >= 11 is 0. The van der Waals surface area contributed by atoms with Crippen LogP contribution in [0.25, 0.3) is 0 Å². The van der Waals surface area contributed by atoms with Crippen molar-refractivity contribution < 1.29 is 9.53 Å². The van der Waals surface area contributed by atoms with Gasteiger partial charge in [0.15, 0.2) is 0 Å². The Labute approximate surface area is 126 Å². The van der Waals surface area contributed by atoms with E-state index in [1.54, 1.807) is 6.92 Å². The van der Waals surface area contributed by atoms with Crippen molar-refractivity contribution in [2.45, 2.75) is 53.0 Å². The molecule has 21 heavy (non-hydrogen) atoms. The Morgan fingerprint density at radius 2 is 1.86 bits per heavy atom. The molecule has 0 saturated carbocycles. The van der Waals surface area contributed by atoms with Crippen LogP contribution in [-0.2, 0) is 14.9 Å². The van der Waals surface area contributed by atoms with Crippen LogP contribution in [0.1, 0.15) is 46.0 Å². The van der Waals surface area contributed by atoms with Gasteiger partial charge in [0.2, 0.25) is 0 Å². The van der Waals surface area contributed by atoms with E-state index in [-0.39, 0.29) is 11.4 Å². The molecule has 0 aromatic carbocycles. The number of carbonyl (C=O) groups excluding carboxylic acids is 1. The normalized spacial score (nSPS) is 12.7. The molecular weight excluding hydrogens is 268 g/mol. The van der Waals surface area contributed by atoms with Gasteiger partial charge in [-0.05, 0) is 20.8 Å². The maximum Gasteiger partial charge on any atom is 0.328 e. The standard InChI is InChI=1S/C15H26N4O2/c1-8-16-11-9(2)12(17-10(3)13(20)21-7)19-14(18-11)15(4,5)6/h10H,8H2,1-7H3,(H2,16,17,18,19). The molecule has 6 nitrogen and oxygen atoms in total. The first-order valence-corrected chi connectivity index (χ1v) is 7.18. The molecule has 0 aliphatic rings. The van der Waals surface area contributed by atoms with E-state index < -0.39 is 6.04 Å². The maximum absolute atomic E-state index is 11.6. The summed E-state index contributed by atoms with van der Waals surface area (Å²) in [6.07, 6.45) is 0. The zero-order valence-electron chi connectivity index (χ0n) is 14.0. The minimum Gasteiger partial charge on any atom is -0.467 e. The summed E-state index contributed by atoms with van der Waals surface area (Å²) in [7, 11) is 1.37. The number of nitrogens with zero attached hydrogens (tertiary/aromatic N) is 2. The zero-order valence-corrected chi connectivity index (χ0v) is 14.0. The van der Waals surface area contributed by atoms with Crippen LogP contribution in [0.4, 0.5) is 11.6 Å². The molecule has 1 aromatic rings. The van der Waals surface area contributed by atoms with Crippen molar-refractivity contribution in [3.63, 3.8) is 0 Å². The van der Waals surface area contributed by atoms with Crippen molar-refractivity contribution in [1.82, 2.24) is 9.97 Å². The number of ether oxygens (including phenoxy) is 1. The lowest BCUT2D eigenvalue weighted by atomic mass is 9.95. The molecule has 0 radical (unpaired) electrons. The first-order valence-electron chi connectivity index (χ1n) is 7.18. The van der Waals surface area contributed by atoms with Crippen molar-refractivity contribution in [3.8, 4) is 0 Å². The Kier molecular flexibility index (Phi) is 5.52. The molecule has 2 N–H and O–H groups in total. The van der Waals surface area contributed by atoms with Gasteiger partial charge in [-0.3, -0.25) is 0 Å². The van der Waals surface area contributed by atoms with E-state index in [0.29, 0.717) is 5.82 Å². The molecule has 6 heteroatoms. The Bertz CT molecular complexity index is 509. The molecule has 1 unspecified atom stereocenters. The predicted molar refractivity (Wildman–Crippen MR) is 84.7 cm³/mol. The van der Waals surface area contributed by atoms with Gasteiger partial charge in [-0.1, -0.05) is 20.8 Å². The van der Waals surface area contributed by atoms with E-state index in [4.69, 9.17) is 4.74 Å². The third kappa shape index (κ3) is 4.31. The molecule has 0 fully saturated rings. The van der Waals surface area contributed by atoms with Gasteiger partial charge in [0.05, 0.1) is 7.11 Å². The van der Waals surface area contributed by atoms with Crippen molar-refractivity contribution in [3.05, 3.63) is 11.4 Å². The smallest absolute Gasteiger partial charge is 0.328 e. The molecule has 1 atom stereocenters. The molecule has 1 rings (SSSR count). The quantitative estimate of drug-likeness (QED) is 0.813. The van der Waals surface area contributed by atoms with Gasteiger partial charge in [-0.15, -0.1) is 0 Å². The lowest BCUT2D eigenvalue weighted by Gasteiger charge is -2.22. The fraction of sp³-hybridized carbons (Fsp3) is 0.667.